The van der Waals surface area contributed by atoms with Gasteiger partial charge in [0.25, 0.3) is 0 Å². The molecule has 7 nitrogen and oxygen atoms in total. The van der Waals surface area contributed by atoms with Crippen LogP contribution in [0.15, 0.2) is 30.5 Å². The number of aryl methyl sites for hydroxylation is 1. The van der Waals surface area contributed by atoms with Crippen LogP contribution in [0.4, 0.5) is 0 Å². The molecule has 0 saturated carbocycles. The first-order valence-electron chi connectivity index (χ1n) is 8.93. The molecular formula is C19H25N3O4S. The molecule has 0 radical (unpaired) electrons. The summed E-state index contributed by atoms with van der Waals surface area (Å²) in [4.78, 5) is 4.64. The quantitative estimate of drug-likeness (QED) is 0.455. The molecule has 27 heavy (non-hydrogen) atoms. The van der Waals surface area contributed by atoms with E-state index in [4.69, 9.17) is 4.74 Å². The number of nitrogens with zero attached hydrogens (tertiary/aromatic N) is 3. The Balaban J connectivity index is 2.04. The Morgan fingerprint density at radius 1 is 1.30 bits per heavy atom. The Kier molecular flexibility index (Phi) is 5.14. The Bertz CT molecular complexity index is 1090. The van der Waals surface area contributed by atoms with Crippen LogP contribution in [0.25, 0.3) is 21.9 Å². The maximum Gasteiger partial charge on any atom is 0.226 e. The number of rotatable bonds is 7. The van der Waals surface area contributed by atoms with Gasteiger partial charge < -0.3 is 14.5 Å². The SMILES string of the molecule is CCc1nc2c[n+]([O-])c3ccccc3c2n1CC(C)(C)OCCS(C)(=O)=O. The van der Waals surface area contributed by atoms with Gasteiger partial charge in [-0.25, -0.2) is 13.4 Å². The van der Waals surface area contributed by atoms with Crippen molar-refractivity contribution in [1.82, 2.24) is 9.55 Å². The van der Waals surface area contributed by atoms with Gasteiger partial charge in [-0.2, -0.15) is 4.73 Å². The molecule has 0 amide bonds. The third-order valence-electron chi connectivity index (χ3n) is 4.51. The van der Waals surface area contributed by atoms with E-state index >= 15 is 0 Å². The Morgan fingerprint density at radius 2 is 2.00 bits per heavy atom. The smallest absolute Gasteiger partial charge is 0.226 e. The molecule has 2 heterocycles. The fourth-order valence-electron chi connectivity index (χ4n) is 3.28. The van der Waals surface area contributed by atoms with Crippen LogP contribution >= 0.6 is 0 Å². The minimum Gasteiger partial charge on any atom is -0.618 e. The molecule has 3 rings (SSSR count). The van der Waals surface area contributed by atoms with Gasteiger partial charge in [0.15, 0.2) is 5.52 Å². The maximum atomic E-state index is 12.3. The Labute approximate surface area is 159 Å². The first-order valence-corrected chi connectivity index (χ1v) is 11.0. The molecule has 0 fully saturated rings. The first kappa shape index (κ1) is 19.6. The minimum atomic E-state index is -3.07. The fourth-order valence-corrected chi connectivity index (χ4v) is 3.66. The Morgan fingerprint density at radius 3 is 2.67 bits per heavy atom. The number of para-hydroxylation sites is 1. The van der Waals surface area contributed by atoms with Crippen molar-refractivity contribution < 1.29 is 17.9 Å². The van der Waals surface area contributed by atoms with E-state index in [2.05, 4.69) is 9.55 Å². The van der Waals surface area contributed by atoms with Crippen molar-refractivity contribution in [2.45, 2.75) is 39.3 Å². The number of fused-ring (bicyclic) bond motifs is 3. The lowest BCUT2D eigenvalue weighted by molar-refractivity contribution is -0.575. The number of pyridine rings is 1. The summed E-state index contributed by atoms with van der Waals surface area (Å²) in [6.07, 6.45) is 3.42. The molecule has 0 atom stereocenters. The minimum absolute atomic E-state index is 0.0130. The predicted octanol–water partition coefficient (Wildman–Crippen LogP) is 2.23. The molecule has 0 aliphatic carbocycles. The predicted molar refractivity (Wildman–Crippen MR) is 105 cm³/mol. The Hall–Kier alpha value is -2.19. The second-order valence-electron chi connectivity index (χ2n) is 7.41. The zero-order valence-electron chi connectivity index (χ0n) is 16.1. The topological polar surface area (TPSA) is 88.1 Å². The van der Waals surface area contributed by atoms with E-state index in [9.17, 15) is 13.6 Å². The summed E-state index contributed by atoms with van der Waals surface area (Å²) in [5.74, 6) is 0.849. The van der Waals surface area contributed by atoms with Gasteiger partial charge in [0.1, 0.15) is 15.7 Å². The van der Waals surface area contributed by atoms with Crippen LogP contribution in [0.1, 0.15) is 26.6 Å². The number of imidazole rings is 1. The van der Waals surface area contributed by atoms with Crippen LogP contribution in [0.5, 0.6) is 0 Å². The average Bonchev–Trinajstić information content (AvgIpc) is 2.90. The van der Waals surface area contributed by atoms with E-state index in [-0.39, 0.29) is 12.4 Å². The van der Waals surface area contributed by atoms with Crippen molar-refractivity contribution >= 4 is 31.8 Å². The summed E-state index contributed by atoms with van der Waals surface area (Å²) in [7, 11) is -3.07. The van der Waals surface area contributed by atoms with Crippen molar-refractivity contribution in [3.8, 4) is 0 Å². The zero-order chi connectivity index (χ0) is 19.8. The highest BCUT2D eigenvalue weighted by atomic mass is 32.2. The molecule has 0 N–H and O–H groups in total. The zero-order valence-corrected chi connectivity index (χ0v) is 16.9. The molecule has 0 aliphatic heterocycles. The highest BCUT2D eigenvalue weighted by Crippen LogP contribution is 2.26. The molecule has 1 aromatic carbocycles. The van der Waals surface area contributed by atoms with E-state index in [0.717, 1.165) is 21.5 Å². The molecule has 0 saturated heterocycles. The van der Waals surface area contributed by atoms with Gasteiger partial charge in [0.05, 0.1) is 35.4 Å². The lowest BCUT2D eigenvalue weighted by atomic mass is 10.1. The maximum absolute atomic E-state index is 12.3. The van der Waals surface area contributed by atoms with Gasteiger partial charge in [-0.05, 0) is 19.9 Å². The van der Waals surface area contributed by atoms with E-state index in [1.54, 1.807) is 6.07 Å². The summed E-state index contributed by atoms with van der Waals surface area (Å²) in [6.45, 7) is 6.52. The second kappa shape index (κ2) is 7.09. The van der Waals surface area contributed by atoms with Gasteiger partial charge in [-0.3, -0.25) is 0 Å². The van der Waals surface area contributed by atoms with Gasteiger partial charge in [-0.15, -0.1) is 0 Å². The number of benzene rings is 1. The van der Waals surface area contributed by atoms with E-state index < -0.39 is 15.4 Å². The average molecular weight is 391 g/mol. The lowest BCUT2D eigenvalue weighted by Gasteiger charge is -2.27. The molecule has 0 bridgehead atoms. The van der Waals surface area contributed by atoms with E-state index in [0.29, 0.717) is 24.0 Å². The standard InChI is InChI=1S/C19H25N3O4S/c1-5-17-20-15-12-22(23)16-9-7-6-8-14(16)18(15)21(17)13-19(2,3)26-10-11-27(4,24)25/h6-9,12H,5,10-11,13H2,1-4H3. The third kappa shape index (κ3) is 4.22. The summed E-state index contributed by atoms with van der Waals surface area (Å²) < 4.78 is 31.5. The van der Waals surface area contributed by atoms with Crippen molar-refractivity contribution in [1.29, 1.82) is 0 Å². The molecule has 0 spiro atoms. The molecule has 0 aliphatic rings. The van der Waals surface area contributed by atoms with Gasteiger partial charge >= 0.3 is 0 Å². The van der Waals surface area contributed by atoms with Crippen molar-refractivity contribution in [3.63, 3.8) is 0 Å². The largest absolute Gasteiger partial charge is 0.618 e. The van der Waals surface area contributed by atoms with Crippen LogP contribution in [-0.2, 0) is 27.5 Å². The fraction of sp³-hybridized carbons (Fsp3) is 0.474. The van der Waals surface area contributed by atoms with Crippen LogP contribution in [-0.4, -0.2) is 42.2 Å². The summed E-state index contributed by atoms with van der Waals surface area (Å²) in [6, 6.07) is 7.44. The number of hydrogen-bond acceptors (Lipinski definition) is 5. The van der Waals surface area contributed by atoms with Gasteiger partial charge in [-0.1, -0.05) is 19.1 Å². The molecule has 2 aromatic heterocycles. The van der Waals surface area contributed by atoms with Crippen LogP contribution in [0.2, 0.25) is 0 Å². The van der Waals surface area contributed by atoms with E-state index in [1.165, 1.54) is 12.5 Å². The molecule has 146 valence electrons. The van der Waals surface area contributed by atoms with Crippen molar-refractivity contribution in [2.24, 2.45) is 0 Å². The summed E-state index contributed by atoms with van der Waals surface area (Å²) in [5, 5.41) is 13.1. The number of aromatic nitrogens is 3. The first-order chi connectivity index (χ1) is 12.6. The summed E-state index contributed by atoms with van der Waals surface area (Å²) >= 11 is 0. The number of ether oxygens (including phenoxy) is 1. The van der Waals surface area contributed by atoms with Crippen molar-refractivity contribution in [2.75, 3.05) is 18.6 Å². The van der Waals surface area contributed by atoms with E-state index in [1.807, 2.05) is 39.0 Å². The highest BCUT2D eigenvalue weighted by Gasteiger charge is 2.25. The lowest BCUT2D eigenvalue weighted by Crippen LogP contribution is -2.33. The second-order valence-corrected chi connectivity index (χ2v) is 9.67. The highest BCUT2D eigenvalue weighted by molar-refractivity contribution is 7.90. The van der Waals surface area contributed by atoms with Crippen molar-refractivity contribution in [3.05, 3.63) is 41.5 Å². The van der Waals surface area contributed by atoms with Gasteiger partial charge in [0, 0.05) is 18.7 Å². The molecule has 0 unspecified atom stereocenters. The molecular weight excluding hydrogens is 366 g/mol. The summed E-state index contributed by atoms with van der Waals surface area (Å²) in [5.41, 5.74) is 1.54. The number of sulfone groups is 1. The third-order valence-corrected chi connectivity index (χ3v) is 5.42. The number of hydrogen-bond donors (Lipinski definition) is 0. The normalized spacial score (nSPS) is 12.9. The van der Waals surface area contributed by atoms with Gasteiger partial charge in [0.2, 0.25) is 11.7 Å². The van der Waals surface area contributed by atoms with Crippen LogP contribution in [0, 0.1) is 5.21 Å². The van der Waals surface area contributed by atoms with Crippen LogP contribution < -0.4 is 4.73 Å². The molecule has 8 heteroatoms. The molecule has 3 aromatic rings. The van der Waals surface area contributed by atoms with Crippen LogP contribution in [0.3, 0.4) is 0 Å². The monoisotopic (exact) mass is 391 g/mol.